The van der Waals surface area contributed by atoms with E-state index >= 15 is 0 Å². The number of rotatable bonds is 5. The van der Waals surface area contributed by atoms with Gasteiger partial charge in [0.05, 0.1) is 17.1 Å². The molecule has 0 spiro atoms. The molecule has 8 heteroatoms. The molecule has 88 valence electrons. The molecule has 1 saturated carbocycles. The minimum absolute atomic E-state index is 0.287. The molecule has 0 atom stereocenters. The van der Waals surface area contributed by atoms with Crippen LogP contribution in [0.2, 0.25) is 0 Å². The second-order valence-corrected chi connectivity index (χ2v) is 5.63. The van der Waals surface area contributed by atoms with Crippen molar-refractivity contribution < 1.29 is 18.3 Å². The monoisotopic (exact) mass is 245 g/mol. The van der Waals surface area contributed by atoms with E-state index in [4.69, 9.17) is 5.11 Å². The van der Waals surface area contributed by atoms with E-state index in [2.05, 4.69) is 9.82 Å². The quantitative estimate of drug-likeness (QED) is 0.752. The predicted octanol–water partition coefficient (Wildman–Crippen LogP) is -0.128. The van der Waals surface area contributed by atoms with Gasteiger partial charge >= 0.3 is 5.97 Å². The SMILES string of the molecule is O=C(O)Cn1cc(NS(=O)(=O)C2CC2)cn1. The zero-order valence-corrected chi connectivity index (χ0v) is 9.14. The first kappa shape index (κ1) is 10.9. The summed E-state index contributed by atoms with van der Waals surface area (Å²) in [6.45, 7) is -0.287. The molecule has 1 aromatic rings. The fraction of sp³-hybridized carbons (Fsp3) is 0.500. The van der Waals surface area contributed by atoms with E-state index in [-0.39, 0.29) is 11.8 Å². The van der Waals surface area contributed by atoms with Crippen LogP contribution in [0.25, 0.3) is 0 Å². The summed E-state index contributed by atoms with van der Waals surface area (Å²) >= 11 is 0. The topological polar surface area (TPSA) is 101 Å². The molecule has 0 amide bonds. The third-order valence-electron chi connectivity index (χ3n) is 2.15. The summed E-state index contributed by atoms with van der Waals surface area (Å²) in [6, 6.07) is 0. The van der Waals surface area contributed by atoms with Crippen LogP contribution in [0.3, 0.4) is 0 Å². The molecule has 7 nitrogen and oxygen atoms in total. The Balaban J connectivity index is 2.05. The Morgan fingerprint density at radius 1 is 1.62 bits per heavy atom. The molecule has 1 fully saturated rings. The second-order valence-electron chi connectivity index (χ2n) is 3.67. The van der Waals surface area contributed by atoms with Gasteiger partial charge in [-0.2, -0.15) is 5.10 Å². The van der Waals surface area contributed by atoms with Gasteiger partial charge < -0.3 is 5.11 Å². The van der Waals surface area contributed by atoms with Crippen molar-refractivity contribution in [1.82, 2.24) is 9.78 Å². The Morgan fingerprint density at radius 3 is 2.88 bits per heavy atom. The highest BCUT2D eigenvalue weighted by Gasteiger charge is 2.35. The van der Waals surface area contributed by atoms with Crippen LogP contribution in [0.5, 0.6) is 0 Å². The molecule has 1 heterocycles. The lowest BCUT2D eigenvalue weighted by Gasteiger charge is -2.02. The van der Waals surface area contributed by atoms with Crippen molar-refractivity contribution in [2.24, 2.45) is 0 Å². The maximum absolute atomic E-state index is 11.5. The van der Waals surface area contributed by atoms with Crippen LogP contribution in [-0.4, -0.2) is 34.5 Å². The lowest BCUT2D eigenvalue weighted by Crippen LogP contribution is -2.17. The summed E-state index contributed by atoms with van der Waals surface area (Å²) in [6.07, 6.45) is 4.01. The zero-order valence-electron chi connectivity index (χ0n) is 8.33. The second kappa shape index (κ2) is 3.78. The van der Waals surface area contributed by atoms with Crippen LogP contribution in [0, 0.1) is 0 Å². The molecular weight excluding hydrogens is 234 g/mol. The first-order valence-corrected chi connectivity index (χ1v) is 6.28. The number of carbonyl (C=O) groups is 1. The van der Waals surface area contributed by atoms with Crippen LogP contribution in [0.4, 0.5) is 5.69 Å². The lowest BCUT2D eigenvalue weighted by molar-refractivity contribution is -0.137. The van der Waals surface area contributed by atoms with E-state index < -0.39 is 16.0 Å². The van der Waals surface area contributed by atoms with Crippen LogP contribution < -0.4 is 4.72 Å². The van der Waals surface area contributed by atoms with E-state index in [0.717, 1.165) is 4.68 Å². The summed E-state index contributed by atoms with van der Waals surface area (Å²) in [5.41, 5.74) is 0.299. The van der Waals surface area contributed by atoms with Crippen molar-refractivity contribution in [1.29, 1.82) is 0 Å². The minimum atomic E-state index is -3.31. The number of anilines is 1. The Labute approximate surface area is 92.1 Å². The highest BCUT2D eigenvalue weighted by molar-refractivity contribution is 7.93. The summed E-state index contributed by atoms with van der Waals surface area (Å²) in [7, 11) is -3.31. The molecule has 0 aliphatic heterocycles. The van der Waals surface area contributed by atoms with Gasteiger partial charge in [0.2, 0.25) is 10.0 Å². The Hall–Kier alpha value is -1.57. The van der Waals surface area contributed by atoms with Gasteiger partial charge in [0, 0.05) is 6.20 Å². The van der Waals surface area contributed by atoms with Gasteiger partial charge in [-0.25, -0.2) is 8.42 Å². The predicted molar refractivity (Wildman–Crippen MR) is 55.4 cm³/mol. The van der Waals surface area contributed by atoms with Gasteiger partial charge in [-0.1, -0.05) is 0 Å². The van der Waals surface area contributed by atoms with Gasteiger partial charge in [0.15, 0.2) is 0 Å². The smallest absolute Gasteiger partial charge is 0.325 e. The number of carboxylic acids is 1. The Kier molecular flexibility index (Phi) is 2.58. The van der Waals surface area contributed by atoms with Gasteiger partial charge in [-0.05, 0) is 12.8 Å². The maximum Gasteiger partial charge on any atom is 0.325 e. The van der Waals surface area contributed by atoms with E-state index in [1.54, 1.807) is 0 Å². The number of nitrogens with zero attached hydrogens (tertiary/aromatic N) is 2. The molecule has 2 rings (SSSR count). The number of aliphatic carboxylic acids is 1. The van der Waals surface area contributed by atoms with E-state index in [0.29, 0.717) is 18.5 Å². The Bertz CT molecular complexity index is 503. The van der Waals surface area contributed by atoms with Crippen LogP contribution in [-0.2, 0) is 21.4 Å². The molecule has 2 N–H and O–H groups in total. The number of nitrogens with one attached hydrogen (secondary N) is 1. The minimum Gasteiger partial charge on any atom is -0.480 e. The fourth-order valence-electron chi connectivity index (χ4n) is 1.27. The number of aromatic nitrogens is 2. The van der Waals surface area contributed by atoms with E-state index in [1.807, 2.05) is 0 Å². The summed E-state index contributed by atoms with van der Waals surface area (Å²) in [5, 5.41) is 11.9. The maximum atomic E-state index is 11.5. The zero-order chi connectivity index (χ0) is 11.8. The van der Waals surface area contributed by atoms with Crippen molar-refractivity contribution in [3.05, 3.63) is 12.4 Å². The fourth-order valence-corrected chi connectivity index (χ4v) is 2.62. The molecule has 0 unspecified atom stereocenters. The van der Waals surface area contributed by atoms with Gasteiger partial charge in [-0.15, -0.1) is 0 Å². The number of carboxylic acid groups (broad SMARTS) is 1. The van der Waals surface area contributed by atoms with Gasteiger partial charge in [-0.3, -0.25) is 14.2 Å². The Morgan fingerprint density at radius 2 is 2.31 bits per heavy atom. The molecule has 0 aromatic carbocycles. The summed E-state index contributed by atoms with van der Waals surface area (Å²) < 4.78 is 26.6. The van der Waals surface area contributed by atoms with E-state index in [9.17, 15) is 13.2 Å². The van der Waals surface area contributed by atoms with Crippen molar-refractivity contribution in [3.63, 3.8) is 0 Å². The first-order chi connectivity index (χ1) is 7.47. The average molecular weight is 245 g/mol. The molecule has 1 aliphatic rings. The third kappa shape index (κ3) is 2.51. The summed E-state index contributed by atoms with van der Waals surface area (Å²) in [5.74, 6) is -1.03. The van der Waals surface area contributed by atoms with Crippen LogP contribution >= 0.6 is 0 Å². The largest absolute Gasteiger partial charge is 0.480 e. The van der Waals surface area contributed by atoms with Crippen LogP contribution in [0.1, 0.15) is 12.8 Å². The summed E-state index contributed by atoms with van der Waals surface area (Å²) in [4.78, 5) is 10.4. The van der Waals surface area contributed by atoms with E-state index in [1.165, 1.54) is 12.4 Å². The molecular formula is C8H11N3O4S. The molecule has 1 aliphatic carbocycles. The molecule has 0 saturated heterocycles. The number of hydrogen-bond acceptors (Lipinski definition) is 4. The first-order valence-electron chi connectivity index (χ1n) is 4.73. The highest BCUT2D eigenvalue weighted by Crippen LogP contribution is 2.29. The molecule has 1 aromatic heterocycles. The normalized spacial score (nSPS) is 16.0. The number of hydrogen-bond donors (Lipinski definition) is 2. The molecule has 16 heavy (non-hydrogen) atoms. The van der Waals surface area contributed by atoms with Crippen molar-refractivity contribution in [3.8, 4) is 0 Å². The molecule has 0 bridgehead atoms. The average Bonchev–Trinajstić information content (AvgIpc) is 2.91. The molecule has 0 radical (unpaired) electrons. The lowest BCUT2D eigenvalue weighted by atomic mass is 10.6. The third-order valence-corrected chi connectivity index (χ3v) is 4.02. The number of sulfonamides is 1. The van der Waals surface area contributed by atoms with Crippen LogP contribution in [0.15, 0.2) is 12.4 Å². The van der Waals surface area contributed by atoms with Crippen molar-refractivity contribution >= 4 is 21.7 Å². The van der Waals surface area contributed by atoms with Crippen molar-refractivity contribution in [2.45, 2.75) is 24.6 Å². The van der Waals surface area contributed by atoms with Gasteiger partial charge in [0.25, 0.3) is 0 Å². The van der Waals surface area contributed by atoms with Crippen molar-refractivity contribution in [2.75, 3.05) is 4.72 Å². The standard InChI is InChI=1S/C8H11N3O4S/c12-8(13)5-11-4-6(3-9-11)10-16(14,15)7-1-2-7/h3-4,7,10H,1-2,5H2,(H,12,13). The van der Waals surface area contributed by atoms with Gasteiger partial charge in [0.1, 0.15) is 6.54 Å². The highest BCUT2D eigenvalue weighted by atomic mass is 32.2.